The molecule has 2 N–H and O–H groups in total. The maximum absolute atomic E-state index is 12.2. The topological polar surface area (TPSA) is 66.2 Å². The number of thiophene rings is 1. The Morgan fingerprint density at radius 3 is 2.71 bits per heavy atom. The van der Waals surface area contributed by atoms with Crippen molar-refractivity contribution < 1.29 is 9.35 Å². The summed E-state index contributed by atoms with van der Waals surface area (Å²) in [4.78, 5) is 13.3. The Kier molecular flexibility index (Phi) is 3.51. The molecule has 1 unspecified atom stereocenters. The van der Waals surface area contributed by atoms with Crippen LogP contribution in [0.2, 0.25) is 0 Å². The van der Waals surface area contributed by atoms with Crippen LogP contribution in [0.15, 0.2) is 40.6 Å². The molecule has 2 aromatic rings. The normalized spacial score (nSPS) is 12.4. The van der Waals surface area contributed by atoms with Gasteiger partial charge in [0.15, 0.2) is 4.90 Å². The van der Waals surface area contributed by atoms with Crippen LogP contribution in [0.25, 0.3) is 0 Å². The Balaban J connectivity index is 2.53. The number of benzene rings is 1. The fraction of sp³-hybridized carbons (Fsp3) is 0.0833. The van der Waals surface area contributed by atoms with Crippen LogP contribution in [0.5, 0.6) is 0 Å². The summed E-state index contributed by atoms with van der Waals surface area (Å²) in [5.41, 5.74) is 6.59. The number of ketones is 1. The molecule has 3 nitrogen and oxygen atoms in total. The highest BCUT2D eigenvalue weighted by atomic mass is 32.2. The van der Waals surface area contributed by atoms with E-state index in [0.29, 0.717) is 21.0 Å². The van der Waals surface area contributed by atoms with Crippen LogP contribution < -0.4 is 5.73 Å². The standard InChI is InChI=1S/C12H11NO2S2/c1-17(15)12-8(4-2-5-9(12)13)11(14)10-6-3-7-16-10/h2-7H,13H2,1H3. The zero-order valence-electron chi connectivity index (χ0n) is 9.17. The van der Waals surface area contributed by atoms with Gasteiger partial charge in [-0.25, -0.2) is 0 Å². The molecule has 1 atom stereocenters. The molecule has 0 aliphatic rings. The molecule has 0 amide bonds. The van der Waals surface area contributed by atoms with E-state index in [2.05, 4.69) is 0 Å². The molecule has 0 aliphatic carbocycles. The van der Waals surface area contributed by atoms with Crippen LogP contribution in [0.1, 0.15) is 15.2 Å². The molecule has 0 aliphatic heterocycles. The van der Waals surface area contributed by atoms with Gasteiger partial charge in [0, 0.05) is 0 Å². The average molecular weight is 265 g/mol. The van der Waals surface area contributed by atoms with Gasteiger partial charge in [0.2, 0.25) is 5.78 Å². The summed E-state index contributed by atoms with van der Waals surface area (Å²) in [6.07, 6.45) is 1.52. The van der Waals surface area contributed by atoms with Gasteiger partial charge in [-0.2, -0.15) is 0 Å². The summed E-state index contributed by atoms with van der Waals surface area (Å²) in [6, 6.07) is 8.58. The van der Waals surface area contributed by atoms with E-state index >= 15 is 0 Å². The number of nitrogen functional groups attached to an aromatic ring is 1. The fourth-order valence-corrected chi connectivity index (χ4v) is 3.14. The molecule has 1 aromatic carbocycles. The first-order chi connectivity index (χ1) is 8.11. The smallest absolute Gasteiger partial charge is 0.208 e. The summed E-state index contributed by atoms with van der Waals surface area (Å²) >= 11 is 0.0873. The predicted octanol–water partition coefficient (Wildman–Crippen LogP) is 2.30. The van der Waals surface area contributed by atoms with Gasteiger partial charge in [0.1, 0.15) is 6.26 Å². The van der Waals surface area contributed by atoms with Crippen LogP contribution in [-0.2, 0) is 11.2 Å². The largest absolute Gasteiger partial charge is 0.612 e. The second-order valence-electron chi connectivity index (χ2n) is 3.48. The second kappa shape index (κ2) is 4.91. The number of rotatable bonds is 3. The van der Waals surface area contributed by atoms with Crippen molar-refractivity contribution in [1.29, 1.82) is 0 Å². The summed E-state index contributed by atoms with van der Waals surface area (Å²) in [7, 11) is 0. The number of carbonyl (C=O) groups is 1. The van der Waals surface area contributed by atoms with E-state index in [-0.39, 0.29) is 5.78 Å². The number of carbonyl (C=O) groups excluding carboxylic acids is 1. The van der Waals surface area contributed by atoms with Gasteiger partial charge in [0.05, 0.1) is 16.1 Å². The monoisotopic (exact) mass is 265 g/mol. The highest BCUT2D eigenvalue weighted by Crippen LogP contribution is 2.26. The van der Waals surface area contributed by atoms with Gasteiger partial charge in [0.25, 0.3) is 0 Å². The van der Waals surface area contributed by atoms with E-state index in [1.165, 1.54) is 17.6 Å². The Morgan fingerprint density at radius 1 is 1.35 bits per heavy atom. The fourth-order valence-electron chi connectivity index (χ4n) is 1.59. The lowest BCUT2D eigenvalue weighted by Gasteiger charge is -2.11. The quantitative estimate of drug-likeness (QED) is 0.526. The molecule has 0 saturated carbocycles. The maximum atomic E-state index is 12.2. The molecule has 0 saturated heterocycles. The minimum atomic E-state index is -1.28. The van der Waals surface area contributed by atoms with Crippen LogP contribution in [0.3, 0.4) is 0 Å². The number of anilines is 1. The average Bonchev–Trinajstić information content (AvgIpc) is 2.80. The molecule has 1 heterocycles. The minimum Gasteiger partial charge on any atom is -0.612 e. The first-order valence-corrected chi connectivity index (χ1v) is 7.35. The van der Waals surface area contributed by atoms with Gasteiger partial charge in [-0.05, 0) is 34.8 Å². The summed E-state index contributed by atoms with van der Waals surface area (Å²) in [5.74, 6) is -0.127. The lowest BCUT2D eigenvalue weighted by atomic mass is 10.1. The third-order valence-electron chi connectivity index (χ3n) is 2.32. The van der Waals surface area contributed by atoms with Gasteiger partial charge >= 0.3 is 0 Å². The molecule has 2 rings (SSSR count). The molecule has 88 valence electrons. The van der Waals surface area contributed by atoms with Crippen LogP contribution in [0, 0.1) is 0 Å². The Hall–Kier alpha value is -1.30. The molecule has 17 heavy (non-hydrogen) atoms. The molecule has 0 radical (unpaired) electrons. The van der Waals surface area contributed by atoms with Gasteiger partial charge in [-0.1, -0.05) is 12.1 Å². The maximum Gasteiger partial charge on any atom is 0.208 e. The van der Waals surface area contributed by atoms with Crippen molar-refractivity contribution in [3.8, 4) is 0 Å². The first kappa shape index (κ1) is 12.2. The first-order valence-electron chi connectivity index (χ1n) is 4.91. The Bertz CT molecular complexity index is 535. The zero-order chi connectivity index (χ0) is 12.4. The predicted molar refractivity (Wildman–Crippen MR) is 70.9 cm³/mol. The Labute approximate surface area is 106 Å². The van der Waals surface area contributed by atoms with Crippen molar-refractivity contribution in [3.63, 3.8) is 0 Å². The van der Waals surface area contributed by atoms with Crippen molar-refractivity contribution in [3.05, 3.63) is 46.2 Å². The number of nitrogens with two attached hydrogens (primary N) is 1. The van der Waals surface area contributed by atoms with E-state index in [1.54, 1.807) is 24.3 Å². The van der Waals surface area contributed by atoms with E-state index in [1.807, 2.05) is 11.4 Å². The number of hydrogen-bond acceptors (Lipinski definition) is 4. The van der Waals surface area contributed by atoms with Gasteiger partial charge in [-0.3, -0.25) is 4.79 Å². The van der Waals surface area contributed by atoms with Crippen molar-refractivity contribution in [2.24, 2.45) is 0 Å². The molecule has 0 bridgehead atoms. The molecular formula is C12H11NO2S2. The van der Waals surface area contributed by atoms with Crippen molar-refractivity contribution in [2.75, 3.05) is 12.0 Å². The molecule has 5 heteroatoms. The SMILES string of the molecule is C[S+]([O-])c1c(N)cccc1C(=O)c1cccs1. The van der Waals surface area contributed by atoms with Crippen molar-refractivity contribution in [1.82, 2.24) is 0 Å². The lowest BCUT2D eigenvalue weighted by Crippen LogP contribution is -2.11. The van der Waals surface area contributed by atoms with Crippen LogP contribution in [-0.4, -0.2) is 16.6 Å². The van der Waals surface area contributed by atoms with E-state index < -0.39 is 11.2 Å². The lowest BCUT2D eigenvalue weighted by molar-refractivity contribution is 0.103. The number of hydrogen-bond donors (Lipinski definition) is 1. The molecule has 0 fully saturated rings. The van der Waals surface area contributed by atoms with E-state index in [9.17, 15) is 9.35 Å². The molecule has 1 aromatic heterocycles. The zero-order valence-corrected chi connectivity index (χ0v) is 10.8. The van der Waals surface area contributed by atoms with Crippen LogP contribution in [0.4, 0.5) is 5.69 Å². The van der Waals surface area contributed by atoms with E-state index in [4.69, 9.17) is 5.73 Å². The summed E-state index contributed by atoms with van der Waals surface area (Å²) < 4.78 is 11.6. The van der Waals surface area contributed by atoms with Crippen molar-refractivity contribution in [2.45, 2.75) is 4.90 Å². The third-order valence-corrected chi connectivity index (χ3v) is 4.22. The van der Waals surface area contributed by atoms with Crippen LogP contribution >= 0.6 is 11.3 Å². The van der Waals surface area contributed by atoms with Crippen molar-refractivity contribution >= 4 is 34.0 Å². The second-order valence-corrected chi connectivity index (χ2v) is 5.75. The summed E-state index contributed by atoms with van der Waals surface area (Å²) in [6.45, 7) is 0. The van der Waals surface area contributed by atoms with Gasteiger partial charge in [-0.15, -0.1) is 11.3 Å². The minimum absolute atomic E-state index is 0.127. The highest BCUT2D eigenvalue weighted by Gasteiger charge is 2.22. The molecule has 0 spiro atoms. The highest BCUT2D eigenvalue weighted by molar-refractivity contribution is 7.91. The van der Waals surface area contributed by atoms with Gasteiger partial charge < -0.3 is 10.3 Å². The third kappa shape index (κ3) is 2.36. The Morgan fingerprint density at radius 2 is 2.12 bits per heavy atom. The molecular weight excluding hydrogens is 254 g/mol. The van der Waals surface area contributed by atoms with E-state index in [0.717, 1.165) is 0 Å². The summed E-state index contributed by atoms with van der Waals surface area (Å²) in [5, 5.41) is 1.84.